The van der Waals surface area contributed by atoms with E-state index < -0.39 is 0 Å². The first-order valence-corrected chi connectivity index (χ1v) is 13.8. The molecule has 1 aliphatic carbocycles. The van der Waals surface area contributed by atoms with Gasteiger partial charge in [0.1, 0.15) is 17.4 Å². The molecule has 192 valence electrons. The molecule has 5 rings (SSSR count). The Hall–Kier alpha value is -2.64. The van der Waals surface area contributed by atoms with Gasteiger partial charge in [0.05, 0.1) is 17.9 Å². The maximum Gasteiger partial charge on any atom is 0.257 e. The molecule has 1 saturated heterocycles. The summed E-state index contributed by atoms with van der Waals surface area (Å²) in [6.07, 6.45) is 8.03. The number of hydrogen-bond donors (Lipinski definition) is 1. The van der Waals surface area contributed by atoms with Crippen LogP contribution in [0.5, 0.6) is 5.75 Å². The first kappa shape index (κ1) is 26.4. The average Bonchev–Trinajstić information content (AvgIpc) is 3.45. The lowest BCUT2D eigenvalue weighted by molar-refractivity contribution is 0.0707. The summed E-state index contributed by atoms with van der Waals surface area (Å²) in [5, 5.41) is 7.94. The molecule has 2 fully saturated rings. The average molecular weight is 527 g/mol. The number of aromatic nitrogens is 2. The van der Waals surface area contributed by atoms with Crippen molar-refractivity contribution in [2.45, 2.75) is 63.8 Å². The molecule has 0 radical (unpaired) electrons. The van der Waals surface area contributed by atoms with Crippen molar-refractivity contribution in [3.63, 3.8) is 0 Å². The van der Waals surface area contributed by atoms with Gasteiger partial charge in [-0.2, -0.15) is 11.3 Å². The summed E-state index contributed by atoms with van der Waals surface area (Å²) in [4.78, 5) is 25.1. The third kappa shape index (κ3) is 6.19. The van der Waals surface area contributed by atoms with Crippen LogP contribution in [0.1, 0.15) is 74.0 Å². The summed E-state index contributed by atoms with van der Waals surface area (Å²) in [6, 6.07) is 12.2. The minimum absolute atomic E-state index is 0. The number of likely N-dealkylation sites (tertiary alicyclic amines) is 1. The highest BCUT2D eigenvalue weighted by Gasteiger charge is 2.28. The van der Waals surface area contributed by atoms with Gasteiger partial charge >= 0.3 is 0 Å². The number of thiophene rings is 1. The van der Waals surface area contributed by atoms with Crippen LogP contribution in [0.15, 0.2) is 47.2 Å². The van der Waals surface area contributed by atoms with Gasteiger partial charge in [0.25, 0.3) is 5.91 Å². The number of nitrogens with zero attached hydrogens (tertiary/aromatic N) is 3. The first-order valence-electron chi connectivity index (χ1n) is 12.9. The number of carbonyl (C=O) groups is 1. The Kier molecular flexibility index (Phi) is 9.21. The predicted octanol–water partition coefficient (Wildman–Crippen LogP) is 6.79. The van der Waals surface area contributed by atoms with Crippen LogP contribution >= 0.6 is 23.7 Å². The molecule has 6 nitrogen and oxygen atoms in total. The number of halogens is 1. The van der Waals surface area contributed by atoms with E-state index in [1.54, 1.807) is 11.3 Å². The van der Waals surface area contributed by atoms with E-state index in [0.717, 1.165) is 35.7 Å². The summed E-state index contributed by atoms with van der Waals surface area (Å²) in [5.74, 6) is 2.78. The zero-order chi connectivity index (χ0) is 24.0. The minimum Gasteiger partial charge on any atom is -0.493 e. The van der Waals surface area contributed by atoms with Crippen molar-refractivity contribution in [3.8, 4) is 17.0 Å². The molecule has 3 aromatic rings. The molecule has 1 N–H and O–H groups in total. The molecule has 0 atom stereocenters. The molecule has 1 aliphatic heterocycles. The Balaban J connectivity index is 0.00000304. The fourth-order valence-corrected chi connectivity index (χ4v) is 5.82. The third-order valence-corrected chi connectivity index (χ3v) is 7.77. The lowest BCUT2D eigenvalue weighted by Crippen LogP contribution is -2.38. The number of ether oxygens (including phenoxy) is 1. The number of nitrogens with one attached hydrogen (secondary N) is 1. The van der Waals surface area contributed by atoms with Crippen LogP contribution in [0.4, 0.5) is 5.82 Å². The molecule has 1 amide bonds. The Labute approximate surface area is 223 Å². The minimum atomic E-state index is 0. The van der Waals surface area contributed by atoms with E-state index in [1.807, 2.05) is 36.1 Å². The van der Waals surface area contributed by atoms with Gasteiger partial charge in [-0.15, -0.1) is 12.4 Å². The second-order valence-electron chi connectivity index (χ2n) is 9.48. The third-order valence-electron chi connectivity index (χ3n) is 7.08. The maximum atomic E-state index is 13.2. The van der Waals surface area contributed by atoms with E-state index in [-0.39, 0.29) is 24.2 Å². The number of carbonyl (C=O) groups excluding carboxylic acids is 1. The Morgan fingerprint density at radius 2 is 1.86 bits per heavy atom. The van der Waals surface area contributed by atoms with Crippen LogP contribution in [0, 0.1) is 0 Å². The van der Waals surface area contributed by atoms with Gasteiger partial charge in [0.15, 0.2) is 0 Å². The number of anilines is 1. The molecular formula is C28H35ClN4O2S. The van der Waals surface area contributed by atoms with E-state index in [9.17, 15) is 4.79 Å². The molecule has 1 saturated carbocycles. The number of hydrogen-bond acceptors (Lipinski definition) is 6. The van der Waals surface area contributed by atoms with Gasteiger partial charge in [-0.25, -0.2) is 9.97 Å². The fraction of sp³-hybridized carbons (Fsp3) is 0.464. The standard InChI is InChI=1S/C28H34N4O2S.ClH/c1-2-34-25-11-7-6-10-23(25)28(33)32-15-12-20(13-16-32)27-30-24(21-14-17-35-19-21)18-26(31-27)29-22-8-4-3-5-9-22;/h6-7,10-11,14,17-20,22H,2-5,8-9,12-13,15-16H2,1H3,(H,29,30,31);1H. The van der Waals surface area contributed by atoms with Crippen LogP contribution in [-0.2, 0) is 0 Å². The summed E-state index contributed by atoms with van der Waals surface area (Å²) < 4.78 is 5.69. The van der Waals surface area contributed by atoms with Crippen molar-refractivity contribution in [1.82, 2.24) is 14.9 Å². The highest BCUT2D eigenvalue weighted by atomic mass is 35.5. The summed E-state index contributed by atoms with van der Waals surface area (Å²) >= 11 is 1.69. The Bertz CT molecular complexity index is 1130. The Morgan fingerprint density at radius 1 is 1.08 bits per heavy atom. The zero-order valence-corrected chi connectivity index (χ0v) is 22.5. The highest BCUT2D eigenvalue weighted by Crippen LogP contribution is 2.32. The second-order valence-corrected chi connectivity index (χ2v) is 10.3. The van der Waals surface area contributed by atoms with Crippen LogP contribution in [0.2, 0.25) is 0 Å². The number of amides is 1. The topological polar surface area (TPSA) is 67.3 Å². The Morgan fingerprint density at radius 3 is 2.58 bits per heavy atom. The lowest BCUT2D eigenvalue weighted by atomic mass is 9.94. The van der Waals surface area contributed by atoms with Gasteiger partial charge in [-0.3, -0.25) is 4.79 Å². The SMILES string of the molecule is CCOc1ccccc1C(=O)N1CCC(c2nc(NC3CCCCC3)cc(-c3ccsc3)n2)CC1.Cl. The summed E-state index contributed by atoms with van der Waals surface area (Å²) in [6.45, 7) is 3.87. The van der Waals surface area contributed by atoms with Crippen molar-refractivity contribution < 1.29 is 9.53 Å². The molecule has 0 unspecified atom stereocenters. The van der Waals surface area contributed by atoms with Gasteiger partial charge in [-0.1, -0.05) is 31.4 Å². The summed E-state index contributed by atoms with van der Waals surface area (Å²) in [5.41, 5.74) is 2.77. The molecule has 1 aromatic carbocycles. The molecule has 36 heavy (non-hydrogen) atoms. The normalized spacial score (nSPS) is 16.9. The quantitative estimate of drug-likeness (QED) is 0.367. The number of para-hydroxylation sites is 1. The van der Waals surface area contributed by atoms with Crippen LogP contribution in [0.3, 0.4) is 0 Å². The van der Waals surface area contributed by atoms with Crippen molar-refractivity contribution >= 4 is 35.5 Å². The van der Waals surface area contributed by atoms with E-state index in [1.165, 1.54) is 32.1 Å². The van der Waals surface area contributed by atoms with Gasteiger partial charge in [0, 0.05) is 42.1 Å². The van der Waals surface area contributed by atoms with Gasteiger partial charge in [-0.05, 0) is 56.2 Å². The van der Waals surface area contributed by atoms with Crippen molar-refractivity contribution in [1.29, 1.82) is 0 Å². The molecule has 3 heterocycles. The zero-order valence-electron chi connectivity index (χ0n) is 20.8. The number of piperidine rings is 1. The largest absolute Gasteiger partial charge is 0.493 e. The van der Waals surface area contributed by atoms with E-state index >= 15 is 0 Å². The van der Waals surface area contributed by atoms with E-state index in [4.69, 9.17) is 14.7 Å². The molecule has 0 bridgehead atoms. The predicted molar refractivity (Wildman–Crippen MR) is 149 cm³/mol. The molecular weight excluding hydrogens is 492 g/mol. The van der Waals surface area contributed by atoms with Crippen molar-refractivity contribution in [3.05, 3.63) is 58.5 Å². The lowest BCUT2D eigenvalue weighted by Gasteiger charge is -2.32. The highest BCUT2D eigenvalue weighted by molar-refractivity contribution is 7.08. The molecule has 8 heteroatoms. The molecule has 0 spiro atoms. The second kappa shape index (κ2) is 12.5. The number of benzene rings is 1. The van der Waals surface area contributed by atoms with Gasteiger partial charge in [0.2, 0.25) is 0 Å². The fourth-order valence-electron chi connectivity index (χ4n) is 5.17. The molecule has 2 aromatic heterocycles. The van der Waals surface area contributed by atoms with Gasteiger partial charge < -0.3 is 15.0 Å². The monoisotopic (exact) mass is 526 g/mol. The number of rotatable bonds is 7. The first-order chi connectivity index (χ1) is 17.2. The molecule has 2 aliphatic rings. The smallest absolute Gasteiger partial charge is 0.257 e. The van der Waals surface area contributed by atoms with E-state index in [2.05, 4.69) is 28.2 Å². The summed E-state index contributed by atoms with van der Waals surface area (Å²) in [7, 11) is 0. The van der Waals surface area contributed by atoms with E-state index in [0.29, 0.717) is 37.1 Å². The maximum absolute atomic E-state index is 13.2. The van der Waals surface area contributed by atoms with Crippen LogP contribution in [0.25, 0.3) is 11.3 Å². The van der Waals surface area contributed by atoms with Crippen LogP contribution in [-0.4, -0.2) is 46.5 Å². The van der Waals surface area contributed by atoms with Crippen molar-refractivity contribution in [2.24, 2.45) is 0 Å². The van der Waals surface area contributed by atoms with Crippen LogP contribution < -0.4 is 10.1 Å². The van der Waals surface area contributed by atoms with Crippen molar-refractivity contribution in [2.75, 3.05) is 25.0 Å².